The standard InChI is InChI=1S/C24H29N3O3/c1-16-8-7-9-17(2)24(16)25-22(29)15-26(4)23(30)14-21-20-11-6-5-10-19(20)12-13-27(21)18(3)28/h5-11,21H,12-15H2,1-4H3,(H,25,29). The fourth-order valence-corrected chi connectivity index (χ4v) is 4.06. The van der Waals surface area contributed by atoms with E-state index >= 15 is 0 Å². The molecule has 1 N–H and O–H groups in total. The number of likely N-dealkylation sites (N-methyl/N-ethyl adjacent to an activating group) is 1. The highest BCUT2D eigenvalue weighted by atomic mass is 16.2. The molecule has 158 valence electrons. The zero-order valence-electron chi connectivity index (χ0n) is 18.1. The second kappa shape index (κ2) is 9.11. The van der Waals surface area contributed by atoms with Gasteiger partial charge in [-0.3, -0.25) is 14.4 Å². The Hall–Kier alpha value is -3.15. The first-order chi connectivity index (χ1) is 14.3. The van der Waals surface area contributed by atoms with Gasteiger partial charge in [0.2, 0.25) is 17.7 Å². The van der Waals surface area contributed by atoms with Crippen LogP contribution in [0.4, 0.5) is 5.69 Å². The van der Waals surface area contributed by atoms with Crippen molar-refractivity contribution in [2.75, 3.05) is 25.5 Å². The molecule has 0 aromatic heterocycles. The molecule has 0 aliphatic carbocycles. The summed E-state index contributed by atoms with van der Waals surface area (Å²) >= 11 is 0. The van der Waals surface area contributed by atoms with Crippen molar-refractivity contribution in [3.63, 3.8) is 0 Å². The van der Waals surface area contributed by atoms with Crippen LogP contribution >= 0.6 is 0 Å². The van der Waals surface area contributed by atoms with E-state index in [1.807, 2.05) is 56.3 Å². The fraction of sp³-hybridized carbons (Fsp3) is 0.375. The van der Waals surface area contributed by atoms with Crippen LogP contribution in [-0.2, 0) is 20.8 Å². The summed E-state index contributed by atoms with van der Waals surface area (Å²) in [5.74, 6) is -0.451. The number of para-hydroxylation sites is 1. The van der Waals surface area contributed by atoms with Gasteiger partial charge in [0, 0.05) is 26.2 Å². The second-order valence-electron chi connectivity index (χ2n) is 7.95. The minimum absolute atomic E-state index is 0.0406. The summed E-state index contributed by atoms with van der Waals surface area (Å²) in [5.41, 5.74) is 4.93. The summed E-state index contributed by atoms with van der Waals surface area (Å²) < 4.78 is 0. The predicted molar refractivity (Wildman–Crippen MR) is 117 cm³/mol. The Balaban J connectivity index is 1.68. The first-order valence-corrected chi connectivity index (χ1v) is 10.2. The number of fused-ring (bicyclic) bond motifs is 1. The average Bonchev–Trinajstić information content (AvgIpc) is 2.70. The third-order valence-corrected chi connectivity index (χ3v) is 5.74. The van der Waals surface area contributed by atoms with Crippen molar-refractivity contribution in [1.29, 1.82) is 0 Å². The number of hydrogen-bond acceptors (Lipinski definition) is 3. The van der Waals surface area contributed by atoms with Crippen LogP contribution in [-0.4, -0.2) is 47.7 Å². The third-order valence-electron chi connectivity index (χ3n) is 5.74. The molecule has 3 rings (SSSR count). The second-order valence-corrected chi connectivity index (χ2v) is 7.95. The van der Waals surface area contributed by atoms with Crippen molar-refractivity contribution >= 4 is 23.4 Å². The highest BCUT2D eigenvalue weighted by Gasteiger charge is 2.31. The van der Waals surface area contributed by atoms with Crippen LogP contribution in [0.5, 0.6) is 0 Å². The molecule has 0 saturated carbocycles. The van der Waals surface area contributed by atoms with Gasteiger partial charge in [0.05, 0.1) is 19.0 Å². The number of carbonyl (C=O) groups excluding carboxylic acids is 3. The Kier molecular flexibility index (Phi) is 6.55. The van der Waals surface area contributed by atoms with Crippen LogP contribution in [0, 0.1) is 13.8 Å². The lowest BCUT2D eigenvalue weighted by molar-refractivity contribution is -0.137. The molecule has 1 aliphatic rings. The highest BCUT2D eigenvalue weighted by Crippen LogP contribution is 2.32. The van der Waals surface area contributed by atoms with E-state index < -0.39 is 0 Å². The Morgan fingerprint density at radius 2 is 1.73 bits per heavy atom. The molecule has 6 nitrogen and oxygen atoms in total. The molecule has 0 spiro atoms. The number of carbonyl (C=O) groups is 3. The van der Waals surface area contributed by atoms with Crippen LogP contribution in [0.1, 0.15) is 41.6 Å². The van der Waals surface area contributed by atoms with E-state index in [9.17, 15) is 14.4 Å². The summed E-state index contributed by atoms with van der Waals surface area (Å²) in [4.78, 5) is 40.8. The summed E-state index contributed by atoms with van der Waals surface area (Å²) in [7, 11) is 1.62. The minimum atomic E-state index is -0.302. The van der Waals surface area contributed by atoms with E-state index in [-0.39, 0.29) is 36.7 Å². The molecule has 1 atom stereocenters. The highest BCUT2D eigenvalue weighted by molar-refractivity contribution is 5.95. The molecule has 6 heteroatoms. The van der Waals surface area contributed by atoms with Crippen molar-refractivity contribution in [3.05, 3.63) is 64.7 Å². The molecule has 1 unspecified atom stereocenters. The fourth-order valence-electron chi connectivity index (χ4n) is 4.06. The number of hydrogen-bond donors (Lipinski definition) is 1. The Morgan fingerprint density at radius 1 is 1.07 bits per heavy atom. The van der Waals surface area contributed by atoms with E-state index in [4.69, 9.17) is 0 Å². The monoisotopic (exact) mass is 407 g/mol. The van der Waals surface area contributed by atoms with E-state index in [2.05, 4.69) is 5.32 Å². The van der Waals surface area contributed by atoms with Crippen LogP contribution in [0.2, 0.25) is 0 Å². The van der Waals surface area contributed by atoms with Gasteiger partial charge in [-0.05, 0) is 42.5 Å². The van der Waals surface area contributed by atoms with Gasteiger partial charge in [0.25, 0.3) is 0 Å². The topological polar surface area (TPSA) is 69.7 Å². The molecule has 2 aromatic rings. The number of nitrogens with one attached hydrogen (secondary N) is 1. The molecule has 1 heterocycles. The van der Waals surface area contributed by atoms with Crippen LogP contribution in [0.15, 0.2) is 42.5 Å². The first kappa shape index (κ1) is 21.6. The first-order valence-electron chi connectivity index (χ1n) is 10.2. The van der Waals surface area contributed by atoms with Gasteiger partial charge in [-0.2, -0.15) is 0 Å². The van der Waals surface area contributed by atoms with Crippen molar-refractivity contribution < 1.29 is 14.4 Å². The Bertz CT molecular complexity index is 950. The molecule has 3 amide bonds. The molecular formula is C24H29N3O3. The molecule has 30 heavy (non-hydrogen) atoms. The quantitative estimate of drug-likeness (QED) is 0.827. The van der Waals surface area contributed by atoms with Crippen molar-refractivity contribution in [2.45, 2.75) is 39.7 Å². The molecule has 0 bridgehead atoms. The number of amides is 3. The lowest BCUT2D eigenvalue weighted by Gasteiger charge is -2.37. The molecular weight excluding hydrogens is 378 g/mol. The van der Waals surface area contributed by atoms with Crippen molar-refractivity contribution in [3.8, 4) is 0 Å². The summed E-state index contributed by atoms with van der Waals surface area (Å²) in [5, 5.41) is 2.91. The number of benzene rings is 2. The Morgan fingerprint density at radius 3 is 2.40 bits per heavy atom. The van der Waals surface area contributed by atoms with E-state index in [0.29, 0.717) is 6.54 Å². The molecule has 2 aromatic carbocycles. The number of aryl methyl sites for hydroxylation is 2. The Labute approximate surface area is 177 Å². The summed E-state index contributed by atoms with van der Waals surface area (Å²) in [6.07, 6.45) is 0.943. The average molecular weight is 408 g/mol. The van der Waals surface area contributed by atoms with Gasteiger partial charge < -0.3 is 15.1 Å². The van der Waals surface area contributed by atoms with Gasteiger partial charge in [-0.25, -0.2) is 0 Å². The predicted octanol–water partition coefficient (Wildman–Crippen LogP) is 3.24. The minimum Gasteiger partial charge on any atom is -0.336 e. The molecule has 0 saturated heterocycles. The normalized spacial score (nSPS) is 15.3. The number of anilines is 1. The maximum atomic E-state index is 12.9. The molecule has 1 aliphatic heterocycles. The van der Waals surface area contributed by atoms with Gasteiger partial charge in [-0.15, -0.1) is 0 Å². The zero-order chi connectivity index (χ0) is 21.8. The van der Waals surface area contributed by atoms with Gasteiger partial charge in [0.1, 0.15) is 0 Å². The molecule has 0 radical (unpaired) electrons. The van der Waals surface area contributed by atoms with E-state index in [1.165, 1.54) is 17.4 Å². The molecule has 0 fully saturated rings. The van der Waals surface area contributed by atoms with Crippen molar-refractivity contribution in [2.24, 2.45) is 0 Å². The lowest BCUT2D eigenvalue weighted by Crippen LogP contribution is -2.42. The lowest BCUT2D eigenvalue weighted by atomic mass is 9.90. The SMILES string of the molecule is CC(=O)N1CCc2ccccc2C1CC(=O)N(C)CC(=O)Nc1c(C)cccc1C. The van der Waals surface area contributed by atoms with Gasteiger partial charge >= 0.3 is 0 Å². The number of rotatable bonds is 5. The number of nitrogens with zero attached hydrogens (tertiary/aromatic N) is 2. The van der Waals surface area contributed by atoms with Gasteiger partial charge in [-0.1, -0.05) is 42.5 Å². The maximum absolute atomic E-state index is 12.9. The summed E-state index contributed by atoms with van der Waals surface area (Å²) in [6, 6.07) is 13.5. The van der Waals surface area contributed by atoms with Crippen LogP contribution < -0.4 is 5.32 Å². The van der Waals surface area contributed by atoms with Crippen LogP contribution in [0.3, 0.4) is 0 Å². The third kappa shape index (κ3) is 4.70. The smallest absolute Gasteiger partial charge is 0.243 e. The zero-order valence-corrected chi connectivity index (χ0v) is 18.1. The van der Waals surface area contributed by atoms with E-state index in [1.54, 1.807) is 11.9 Å². The van der Waals surface area contributed by atoms with Crippen molar-refractivity contribution in [1.82, 2.24) is 9.80 Å². The maximum Gasteiger partial charge on any atom is 0.243 e. The van der Waals surface area contributed by atoms with Crippen LogP contribution in [0.25, 0.3) is 0 Å². The summed E-state index contributed by atoms with van der Waals surface area (Å²) in [6.45, 7) is 5.97. The largest absolute Gasteiger partial charge is 0.336 e. The van der Waals surface area contributed by atoms with E-state index in [0.717, 1.165) is 28.8 Å². The van der Waals surface area contributed by atoms with Gasteiger partial charge in [0.15, 0.2) is 0 Å².